The number of hydrogen-bond acceptors (Lipinski definition) is 5. The normalized spacial score (nSPS) is 14.3. The Morgan fingerprint density at radius 1 is 1.21 bits per heavy atom. The number of rotatable bonds is 12. The number of carbonyl (C=O) groups is 1. The lowest BCUT2D eigenvalue weighted by Crippen LogP contribution is -2.46. The van der Waals surface area contributed by atoms with E-state index in [-0.39, 0.29) is 42.7 Å². The summed E-state index contributed by atoms with van der Waals surface area (Å²) in [5.74, 6) is -0.103. The molecule has 0 saturated heterocycles. The number of benzene rings is 2. The average molecular weight is 494 g/mol. The zero-order valence-corrected chi connectivity index (χ0v) is 21.1. The third kappa shape index (κ3) is 8.57. The number of aryl methyl sites for hydroxylation is 1. The fourth-order valence-corrected chi connectivity index (χ4v) is 4.52. The van der Waals surface area contributed by atoms with Crippen LogP contribution < -0.4 is 10.1 Å². The minimum Gasteiger partial charge on any atom is -0.488 e. The molecule has 7 heteroatoms. The van der Waals surface area contributed by atoms with Gasteiger partial charge in [0, 0.05) is 18.5 Å². The first kappa shape index (κ1) is 28.1. The summed E-state index contributed by atoms with van der Waals surface area (Å²) >= 11 is 0. The smallest absolute Gasteiger partial charge is 0.306 e. The Morgan fingerprint density at radius 3 is 2.53 bits per heavy atom. The van der Waals surface area contributed by atoms with E-state index in [4.69, 9.17) is 9.47 Å². The molecule has 3 rings (SSSR count). The summed E-state index contributed by atoms with van der Waals surface area (Å²) in [5, 5.41) is 13.8. The van der Waals surface area contributed by atoms with Crippen LogP contribution in [0.5, 0.6) is 5.75 Å². The molecule has 1 atom stereocenters. The summed E-state index contributed by atoms with van der Waals surface area (Å²) in [5.41, 5.74) is 3.54. The molecule has 0 radical (unpaired) electrons. The lowest BCUT2D eigenvalue weighted by molar-refractivity contribution is -0.143. The van der Waals surface area contributed by atoms with E-state index >= 15 is 0 Å². The minimum absolute atomic E-state index is 0. The first-order valence-corrected chi connectivity index (χ1v) is 11.8. The summed E-state index contributed by atoms with van der Waals surface area (Å²) in [6.45, 7) is 6.74. The van der Waals surface area contributed by atoms with E-state index in [1.54, 1.807) is 19.1 Å². The van der Waals surface area contributed by atoms with E-state index in [0.717, 1.165) is 24.8 Å². The van der Waals surface area contributed by atoms with Gasteiger partial charge in [-0.2, -0.15) is 0 Å². The van der Waals surface area contributed by atoms with Crippen LogP contribution in [0.25, 0.3) is 0 Å². The fourth-order valence-electron chi connectivity index (χ4n) is 4.52. The Kier molecular flexibility index (Phi) is 10.8. The molecule has 34 heavy (non-hydrogen) atoms. The van der Waals surface area contributed by atoms with E-state index in [1.807, 2.05) is 0 Å². The Balaban J connectivity index is 0.00000408. The molecule has 1 aliphatic rings. The maximum atomic E-state index is 14.1. The molecule has 0 saturated carbocycles. The van der Waals surface area contributed by atoms with Crippen molar-refractivity contribution in [3.8, 4) is 5.75 Å². The van der Waals surface area contributed by atoms with E-state index in [1.165, 1.54) is 17.2 Å². The first-order chi connectivity index (χ1) is 15.8. The number of hydrogen-bond donors (Lipinski definition) is 2. The highest BCUT2D eigenvalue weighted by Gasteiger charge is 2.28. The molecule has 0 amide bonds. The summed E-state index contributed by atoms with van der Waals surface area (Å²) in [4.78, 5) is 11.5. The van der Waals surface area contributed by atoms with Gasteiger partial charge in [-0.1, -0.05) is 30.3 Å². The van der Waals surface area contributed by atoms with Crippen LogP contribution in [0.3, 0.4) is 0 Å². The van der Waals surface area contributed by atoms with Gasteiger partial charge >= 0.3 is 5.97 Å². The van der Waals surface area contributed by atoms with Gasteiger partial charge in [-0.15, -0.1) is 12.4 Å². The molecule has 0 aromatic heterocycles. The molecule has 2 N–H and O–H groups in total. The first-order valence-electron chi connectivity index (χ1n) is 11.8. The molecule has 2 aromatic carbocycles. The van der Waals surface area contributed by atoms with Crippen LogP contribution >= 0.6 is 12.4 Å². The van der Waals surface area contributed by atoms with Gasteiger partial charge in [-0.05, 0) is 81.2 Å². The number of ether oxygens (including phenoxy) is 2. The monoisotopic (exact) mass is 493 g/mol. The van der Waals surface area contributed by atoms with E-state index in [2.05, 4.69) is 43.4 Å². The van der Waals surface area contributed by atoms with Crippen molar-refractivity contribution in [2.24, 2.45) is 5.92 Å². The number of carbonyl (C=O) groups excluding carboxylic acids is 1. The molecule has 2 aromatic rings. The second kappa shape index (κ2) is 13.1. The molecule has 188 valence electrons. The van der Waals surface area contributed by atoms with E-state index in [0.29, 0.717) is 25.5 Å². The van der Waals surface area contributed by atoms with Crippen molar-refractivity contribution in [2.75, 3.05) is 19.8 Å². The van der Waals surface area contributed by atoms with Crippen LogP contribution in [0.1, 0.15) is 50.3 Å². The molecule has 0 heterocycles. The molecule has 0 bridgehead atoms. The number of β-amino-alcohol motifs (C(OH)–C–C–N with tert-alkyl or cyclic N) is 1. The molecule has 0 fully saturated rings. The summed E-state index contributed by atoms with van der Waals surface area (Å²) in [6.07, 6.45) is 3.10. The minimum atomic E-state index is -0.771. The van der Waals surface area contributed by atoms with Crippen LogP contribution in [0.15, 0.2) is 42.5 Å². The highest BCUT2D eigenvalue weighted by Crippen LogP contribution is 2.31. The zero-order valence-electron chi connectivity index (χ0n) is 20.3. The number of nitrogens with one attached hydrogen (secondary N) is 1. The summed E-state index contributed by atoms with van der Waals surface area (Å²) in [6, 6.07) is 13.1. The summed E-state index contributed by atoms with van der Waals surface area (Å²) in [7, 11) is 0. The lowest BCUT2D eigenvalue weighted by Gasteiger charge is -2.30. The van der Waals surface area contributed by atoms with Gasteiger partial charge in [-0.25, -0.2) is 4.39 Å². The van der Waals surface area contributed by atoms with Gasteiger partial charge in [0.1, 0.15) is 12.7 Å². The molecule has 0 aliphatic heterocycles. The average Bonchev–Trinajstić information content (AvgIpc) is 3.18. The Hall–Kier alpha value is -2.15. The van der Waals surface area contributed by atoms with Crippen LogP contribution in [-0.4, -0.2) is 42.5 Å². The van der Waals surface area contributed by atoms with Crippen LogP contribution in [0.2, 0.25) is 0 Å². The molecule has 1 unspecified atom stereocenters. The highest BCUT2D eigenvalue weighted by molar-refractivity contribution is 5.85. The summed E-state index contributed by atoms with van der Waals surface area (Å²) < 4.78 is 24.6. The van der Waals surface area contributed by atoms with Crippen LogP contribution in [-0.2, 0) is 28.8 Å². The topological polar surface area (TPSA) is 67.8 Å². The largest absolute Gasteiger partial charge is 0.488 e. The number of fused-ring (bicyclic) bond motifs is 1. The Bertz CT molecular complexity index is 912. The SMILES string of the molecule is CCOC(=O)CCc1ccc(F)c(OCC(O)CNC(C)(C)CC2Cc3ccccc3C2)c1.Cl. The predicted molar refractivity (Wildman–Crippen MR) is 134 cm³/mol. The molecular weight excluding hydrogens is 457 g/mol. The van der Waals surface area contributed by atoms with Gasteiger partial charge in [0.2, 0.25) is 0 Å². The molecule has 5 nitrogen and oxygen atoms in total. The number of aliphatic hydroxyl groups excluding tert-OH is 1. The van der Waals surface area contributed by atoms with Gasteiger partial charge in [0.15, 0.2) is 11.6 Å². The van der Waals surface area contributed by atoms with Crippen molar-refractivity contribution in [2.45, 2.75) is 64.5 Å². The van der Waals surface area contributed by atoms with Gasteiger partial charge < -0.3 is 19.9 Å². The zero-order chi connectivity index (χ0) is 23.8. The van der Waals surface area contributed by atoms with E-state index < -0.39 is 11.9 Å². The maximum Gasteiger partial charge on any atom is 0.306 e. The van der Waals surface area contributed by atoms with Crippen LogP contribution in [0.4, 0.5) is 4.39 Å². The van der Waals surface area contributed by atoms with Gasteiger partial charge in [-0.3, -0.25) is 4.79 Å². The second-order valence-electron chi connectivity index (χ2n) is 9.55. The van der Waals surface area contributed by atoms with E-state index in [9.17, 15) is 14.3 Å². The van der Waals surface area contributed by atoms with Crippen molar-refractivity contribution in [3.05, 3.63) is 65.0 Å². The third-order valence-corrected chi connectivity index (χ3v) is 6.10. The maximum absolute atomic E-state index is 14.1. The molecule has 1 aliphatic carbocycles. The Morgan fingerprint density at radius 2 is 1.88 bits per heavy atom. The Labute approximate surface area is 208 Å². The molecule has 0 spiro atoms. The quantitative estimate of drug-likeness (QED) is 0.421. The standard InChI is InChI=1S/C27H36FNO4.ClH/c1-4-32-26(31)12-10-19-9-11-24(28)25(15-19)33-18-23(30)17-29-27(2,3)16-20-13-21-7-5-6-8-22(21)14-20;/h5-9,11,15,20,23,29-30H,4,10,12-14,16-18H2,1-3H3;1H. The number of halogens is 2. The van der Waals surface area contributed by atoms with Gasteiger partial charge in [0.25, 0.3) is 0 Å². The number of esters is 1. The molecular formula is C27H37ClFNO4. The van der Waals surface area contributed by atoms with Crippen molar-refractivity contribution in [1.29, 1.82) is 0 Å². The number of aliphatic hydroxyl groups is 1. The lowest BCUT2D eigenvalue weighted by atomic mass is 9.88. The fraction of sp³-hybridized carbons (Fsp3) is 0.519. The highest BCUT2D eigenvalue weighted by atomic mass is 35.5. The van der Waals surface area contributed by atoms with Crippen molar-refractivity contribution in [3.63, 3.8) is 0 Å². The third-order valence-electron chi connectivity index (χ3n) is 6.10. The van der Waals surface area contributed by atoms with Crippen LogP contribution in [0, 0.1) is 11.7 Å². The van der Waals surface area contributed by atoms with Gasteiger partial charge in [0.05, 0.1) is 6.61 Å². The van der Waals surface area contributed by atoms with Crippen molar-refractivity contribution >= 4 is 18.4 Å². The second-order valence-corrected chi connectivity index (χ2v) is 9.55. The predicted octanol–water partition coefficient (Wildman–Crippen LogP) is 4.66. The van der Waals surface area contributed by atoms with Crippen molar-refractivity contribution in [1.82, 2.24) is 5.32 Å². The van der Waals surface area contributed by atoms with Crippen molar-refractivity contribution < 1.29 is 23.8 Å².